The number of H-pyrrole nitrogens is 1. The lowest BCUT2D eigenvalue weighted by molar-refractivity contribution is -0.141. The molecule has 4 aromatic rings. The molecule has 2 N–H and O–H groups in total. The first-order valence-electron chi connectivity index (χ1n) is 10.6. The molecule has 0 bridgehead atoms. The van der Waals surface area contributed by atoms with Crippen LogP contribution in [0, 0.1) is 0 Å². The first kappa shape index (κ1) is 22.7. The number of aromatic nitrogens is 4. The number of ether oxygens (including phenoxy) is 2. The van der Waals surface area contributed by atoms with Crippen LogP contribution in [0.2, 0.25) is 0 Å². The molecule has 2 aromatic carbocycles. The SMILES string of the molecule is CCOC(=O)CNC(=O)c1ccc(-c2nc3c(c(-c4ccccc4)nn3C)c(=O)[nH]2)c(OC)c1. The molecule has 0 saturated heterocycles. The highest BCUT2D eigenvalue weighted by atomic mass is 16.5. The molecule has 2 heterocycles. The Balaban J connectivity index is 1.70. The number of fused-ring (bicyclic) bond motifs is 1. The standard InChI is InChI=1S/C24H23N5O5/c1-4-34-18(30)13-25-23(31)15-10-11-16(17(12-15)33-3)21-26-22-19(24(32)27-21)20(28-29(22)2)14-8-6-5-7-9-14/h5-12H,4,13H2,1-3H3,(H,25,31)(H,26,27,32). The largest absolute Gasteiger partial charge is 0.496 e. The summed E-state index contributed by atoms with van der Waals surface area (Å²) in [5.74, 6) is -0.387. The van der Waals surface area contributed by atoms with E-state index in [4.69, 9.17) is 9.47 Å². The number of nitrogens with one attached hydrogen (secondary N) is 2. The number of carbonyl (C=O) groups is 2. The van der Waals surface area contributed by atoms with Gasteiger partial charge in [-0.05, 0) is 25.1 Å². The molecule has 0 aliphatic carbocycles. The van der Waals surface area contributed by atoms with Crippen molar-refractivity contribution in [2.45, 2.75) is 6.92 Å². The summed E-state index contributed by atoms with van der Waals surface area (Å²) < 4.78 is 11.8. The number of amides is 1. The minimum absolute atomic E-state index is 0.232. The zero-order chi connectivity index (χ0) is 24.2. The van der Waals surface area contributed by atoms with Crippen molar-refractivity contribution in [3.05, 3.63) is 64.4 Å². The van der Waals surface area contributed by atoms with Crippen LogP contribution in [0.25, 0.3) is 33.7 Å². The van der Waals surface area contributed by atoms with Gasteiger partial charge in [0, 0.05) is 18.2 Å². The van der Waals surface area contributed by atoms with Crippen molar-refractivity contribution in [2.75, 3.05) is 20.3 Å². The van der Waals surface area contributed by atoms with E-state index >= 15 is 0 Å². The lowest BCUT2D eigenvalue weighted by Crippen LogP contribution is -2.30. The highest BCUT2D eigenvalue weighted by molar-refractivity contribution is 5.97. The molecule has 4 rings (SSSR count). The molecule has 0 radical (unpaired) electrons. The van der Waals surface area contributed by atoms with Gasteiger partial charge in [-0.2, -0.15) is 5.10 Å². The van der Waals surface area contributed by atoms with E-state index in [0.717, 1.165) is 5.56 Å². The minimum Gasteiger partial charge on any atom is -0.496 e. The van der Waals surface area contributed by atoms with Gasteiger partial charge in [-0.25, -0.2) is 9.67 Å². The normalized spacial score (nSPS) is 10.8. The van der Waals surface area contributed by atoms with E-state index in [1.807, 2.05) is 30.3 Å². The molecule has 34 heavy (non-hydrogen) atoms. The Bertz CT molecular complexity index is 1430. The third-order valence-corrected chi connectivity index (χ3v) is 5.16. The van der Waals surface area contributed by atoms with Crippen molar-refractivity contribution in [1.82, 2.24) is 25.1 Å². The fourth-order valence-corrected chi connectivity index (χ4v) is 3.58. The van der Waals surface area contributed by atoms with Gasteiger partial charge in [0.2, 0.25) is 0 Å². The molecule has 10 nitrogen and oxygen atoms in total. The van der Waals surface area contributed by atoms with Gasteiger partial charge in [-0.3, -0.25) is 14.4 Å². The van der Waals surface area contributed by atoms with Gasteiger partial charge in [0.25, 0.3) is 11.5 Å². The van der Waals surface area contributed by atoms with Gasteiger partial charge in [-0.15, -0.1) is 0 Å². The first-order chi connectivity index (χ1) is 16.4. The fourth-order valence-electron chi connectivity index (χ4n) is 3.58. The van der Waals surface area contributed by atoms with Crippen molar-refractivity contribution in [2.24, 2.45) is 7.05 Å². The molecule has 0 atom stereocenters. The molecular weight excluding hydrogens is 438 g/mol. The van der Waals surface area contributed by atoms with Gasteiger partial charge in [0.1, 0.15) is 29.2 Å². The topological polar surface area (TPSA) is 128 Å². The second kappa shape index (κ2) is 9.57. The Morgan fingerprint density at radius 3 is 2.62 bits per heavy atom. The molecule has 0 saturated carbocycles. The molecular formula is C24H23N5O5. The van der Waals surface area contributed by atoms with Crippen molar-refractivity contribution < 1.29 is 19.1 Å². The zero-order valence-corrected chi connectivity index (χ0v) is 18.9. The quantitative estimate of drug-likeness (QED) is 0.404. The summed E-state index contributed by atoms with van der Waals surface area (Å²) in [5, 5.41) is 7.38. The maximum absolute atomic E-state index is 13.1. The number of rotatable bonds is 7. The molecule has 0 aliphatic rings. The molecule has 174 valence electrons. The predicted octanol–water partition coefficient (Wildman–Crippen LogP) is 2.29. The predicted molar refractivity (Wildman–Crippen MR) is 126 cm³/mol. The number of benzene rings is 2. The van der Waals surface area contributed by atoms with Crippen LogP contribution in [0.5, 0.6) is 5.75 Å². The smallest absolute Gasteiger partial charge is 0.325 e. The molecule has 0 fully saturated rings. The van der Waals surface area contributed by atoms with Crippen LogP contribution >= 0.6 is 0 Å². The van der Waals surface area contributed by atoms with Crippen molar-refractivity contribution >= 4 is 22.9 Å². The lowest BCUT2D eigenvalue weighted by atomic mass is 10.1. The number of aryl methyl sites for hydroxylation is 1. The monoisotopic (exact) mass is 461 g/mol. The number of carbonyl (C=O) groups excluding carboxylic acids is 2. The van der Waals surface area contributed by atoms with Gasteiger partial charge >= 0.3 is 5.97 Å². The summed E-state index contributed by atoms with van der Waals surface area (Å²) in [6.07, 6.45) is 0. The van der Waals surface area contributed by atoms with E-state index in [0.29, 0.717) is 28.0 Å². The Hall–Kier alpha value is -4.47. The highest BCUT2D eigenvalue weighted by Gasteiger charge is 2.19. The van der Waals surface area contributed by atoms with Gasteiger partial charge < -0.3 is 19.8 Å². The van der Waals surface area contributed by atoms with E-state index in [2.05, 4.69) is 20.4 Å². The van der Waals surface area contributed by atoms with Crippen LogP contribution in [-0.4, -0.2) is 51.9 Å². The molecule has 1 amide bonds. The van der Waals surface area contributed by atoms with E-state index in [1.165, 1.54) is 13.2 Å². The number of esters is 1. The second-order valence-corrected chi connectivity index (χ2v) is 7.35. The van der Waals surface area contributed by atoms with Crippen LogP contribution in [0.1, 0.15) is 17.3 Å². The number of aromatic amines is 1. The van der Waals surface area contributed by atoms with Crippen LogP contribution in [-0.2, 0) is 16.6 Å². The molecule has 0 unspecified atom stereocenters. The lowest BCUT2D eigenvalue weighted by Gasteiger charge is -2.11. The van der Waals surface area contributed by atoms with Crippen LogP contribution in [0.3, 0.4) is 0 Å². The Morgan fingerprint density at radius 2 is 1.91 bits per heavy atom. The zero-order valence-electron chi connectivity index (χ0n) is 18.9. The summed E-state index contributed by atoms with van der Waals surface area (Å²) in [5.41, 5.74) is 2.19. The molecule has 2 aromatic heterocycles. The summed E-state index contributed by atoms with van der Waals surface area (Å²) in [7, 11) is 3.17. The minimum atomic E-state index is -0.527. The van der Waals surface area contributed by atoms with Crippen LogP contribution < -0.4 is 15.6 Å². The van der Waals surface area contributed by atoms with E-state index in [1.54, 1.807) is 30.8 Å². The summed E-state index contributed by atoms with van der Waals surface area (Å²) in [6.45, 7) is 1.68. The van der Waals surface area contributed by atoms with E-state index in [-0.39, 0.29) is 30.1 Å². The Morgan fingerprint density at radius 1 is 1.15 bits per heavy atom. The molecule has 10 heteroatoms. The number of nitrogens with zero attached hydrogens (tertiary/aromatic N) is 3. The Labute approximate surface area is 194 Å². The van der Waals surface area contributed by atoms with Crippen molar-refractivity contribution in [3.8, 4) is 28.4 Å². The van der Waals surface area contributed by atoms with E-state index < -0.39 is 11.9 Å². The van der Waals surface area contributed by atoms with Crippen molar-refractivity contribution in [3.63, 3.8) is 0 Å². The third-order valence-electron chi connectivity index (χ3n) is 5.16. The highest BCUT2D eigenvalue weighted by Crippen LogP contribution is 2.30. The van der Waals surface area contributed by atoms with Gasteiger partial charge in [0.05, 0.1) is 19.3 Å². The van der Waals surface area contributed by atoms with Gasteiger partial charge in [0.15, 0.2) is 5.65 Å². The third kappa shape index (κ3) is 4.38. The number of methoxy groups -OCH3 is 1. The molecule has 0 spiro atoms. The van der Waals surface area contributed by atoms with Gasteiger partial charge in [-0.1, -0.05) is 30.3 Å². The van der Waals surface area contributed by atoms with Crippen LogP contribution in [0.15, 0.2) is 53.3 Å². The maximum Gasteiger partial charge on any atom is 0.325 e. The summed E-state index contributed by atoms with van der Waals surface area (Å²) >= 11 is 0. The average Bonchev–Trinajstić information content (AvgIpc) is 3.19. The summed E-state index contributed by atoms with van der Waals surface area (Å²) in [6, 6.07) is 14.1. The van der Waals surface area contributed by atoms with E-state index in [9.17, 15) is 14.4 Å². The Kier molecular flexibility index (Phi) is 6.39. The number of hydrogen-bond donors (Lipinski definition) is 2. The maximum atomic E-state index is 13.1. The second-order valence-electron chi connectivity index (χ2n) is 7.35. The van der Waals surface area contributed by atoms with Crippen molar-refractivity contribution in [1.29, 1.82) is 0 Å². The average molecular weight is 461 g/mol. The summed E-state index contributed by atoms with van der Waals surface area (Å²) in [4.78, 5) is 44.4. The molecule has 0 aliphatic heterocycles. The van der Waals surface area contributed by atoms with Crippen LogP contribution in [0.4, 0.5) is 0 Å². The number of hydrogen-bond acceptors (Lipinski definition) is 7. The fraction of sp³-hybridized carbons (Fsp3) is 0.208. The first-order valence-corrected chi connectivity index (χ1v) is 10.6.